The van der Waals surface area contributed by atoms with Crippen molar-refractivity contribution in [2.24, 2.45) is 0 Å². The van der Waals surface area contributed by atoms with Gasteiger partial charge in [0.05, 0.1) is 25.2 Å². The summed E-state index contributed by atoms with van der Waals surface area (Å²) >= 11 is 6.15. The summed E-state index contributed by atoms with van der Waals surface area (Å²) < 4.78 is 7.03. The van der Waals surface area contributed by atoms with Crippen LogP contribution in [0.25, 0.3) is 0 Å². The highest BCUT2D eigenvalue weighted by atomic mass is 35.5. The van der Waals surface area contributed by atoms with Gasteiger partial charge in [-0.3, -0.25) is 4.79 Å². The number of nitrogens with zero attached hydrogens (tertiary/aromatic N) is 3. The maximum absolute atomic E-state index is 11.5. The van der Waals surface area contributed by atoms with E-state index in [1.165, 1.54) is 0 Å². The molecule has 1 heterocycles. The second-order valence-corrected chi connectivity index (χ2v) is 5.33. The van der Waals surface area contributed by atoms with Crippen LogP contribution in [0.1, 0.15) is 47.3 Å². The molecule has 0 aliphatic carbocycles. The number of carbonyl (C=O) groups is 1. The third-order valence-electron chi connectivity index (χ3n) is 3.25. The van der Waals surface area contributed by atoms with Gasteiger partial charge in [0, 0.05) is 11.1 Å². The van der Waals surface area contributed by atoms with Crippen LogP contribution in [0.4, 0.5) is 0 Å². The molecule has 0 N–H and O–H groups in total. The molecule has 1 aromatic heterocycles. The molecule has 6 heteroatoms. The molecule has 1 atom stereocenters. The average Bonchev–Trinajstić information content (AvgIpc) is 2.94. The summed E-state index contributed by atoms with van der Waals surface area (Å²) in [7, 11) is 1.60. The van der Waals surface area contributed by atoms with Crippen LogP contribution in [0.5, 0.6) is 5.75 Å². The molecule has 21 heavy (non-hydrogen) atoms. The highest BCUT2D eigenvalue weighted by Gasteiger charge is 2.12. The number of hydrogen-bond donors (Lipinski definition) is 0. The van der Waals surface area contributed by atoms with E-state index in [4.69, 9.17) is 16.3 Å². The SMILES string of the molecule is CCC(Cl)c1cn(Cc2cc(C(C)=O)ccc2OC)nn1. The number of halogens is 1. The fraction of sp³-hybridized carbons (Fsp3) is 0.400. The fourth-order valence-corrected chi connectivity index (χ4v) is 2.14. The molecule has 0 aliphatic heterocycles. The van der Waals surface area contributed by atoms with Gasteiger partial charge in [-0.15, -0.1) is 16.7 Å². The molecular formula is C15H18ClN3O2. The van der Waals surface area contributed by atoms with Crippen molar-refractivity contribution in [3.05, 3.63) is 41.2 Å². The molecule has 2 rings (SSSR count). The number of aromatic nitrogens is 3. The van der Waals surface area contributed by atoms with Gasteiger partial charge in [0.2, 0.25) is 0 Å². The van der Waals surface area contributed by atoms with Crippen molar-refractivity contribution in [1.29, 1.82) is 0 Å². The predicted octanol–water partition coefficient (Wildman–Crippen LogP) is 3.23. The maximum atomic E-state index is 11.5. The third-order valence-corrected chi connectivity index (χ3v) is 3.79. The minimum atomic E-state index is -0.135. The Kier molecular flexibility index (Phi) is 4.96. The zero-order valence-electron chi connectivity index (χ0n) is 12.3. The van der Waals surface area contributed by atoms with E-state index >= 15 is 0 Å². The van der Waals surface area contributed by atoms with Crippen molar-refractivity contribution in [2.75, 3.05) is 7.11 Å². The summed E-state index contributed by atoms with van der Waals surface area (Å²) in [5.74, 6) is 0.736. The molecule has 0 bridgehead atoms. The molecule has 1 aromatic carbocycles. The quantitative estimate of drug-likeness (QED) is 0.607. The van der Waals surface area contributed by atoms with Crippen LogP contribution in [0, 0.1) is 0 Å². The van der Waals surface area contributed by atoms with Crippen LogP contribution >= 0.6 is 11.6 Å². The molecule has 5 nitrogen and oxygen atoms in total. The highest BCUT2D eigenvalue weighted by molar-refractivity contribution is 6.20. The van der Waals surface area contributed by atoms with Crippen molar-refractivity contribution >= 4 is 17.4 Å². The van der Waals surface area contributed by atoms with Crippen molar-refractivity contribution in [3.63, 3.8) is 0 Å². The monoisotopic (exact) mass is 307 g/mol. The maximum Gasteiger partial charge on any atom is 0.159 e. The molecular weight excluding hydrogens is 290 g/mol. The van der Waals surface area contributed by atoms with Crippen LogP contribution in [-0.4, -0.2) is 27.9 Å². The molecule has 0 spiro atoms. The van der Waals surface area contributed by atoms with Gasteiger partial charge in [0.15, 0.2) is 5.78 Å². The van der Waals surface area contributed by atoms with Gasteiger partial charge in [-0.25, -0.2) is 4.68 Å². The van der Waals surface area contributed by atoms with Crippen LogP contribution in [0.3, 0.4) is 0 Å². The Hall–Kier alpha value is -1.88. The molecule has 1 unspecified atom stereocenters. The van der Waals surface area contributed by atoms with Crippen molar-refractivity contribution in [2.45, 2.75) is 32.2 Å². The van der Waals surface area contributed by atoms with Gasteiger partial charge < -0.3 is 4.74 Å². The summed E-state index contributed by atoms with van der Waals surface area (Å²) in [4.78, 5) is 11.5. The lowest BCUT2D eigenvalue weighted by Gasteiger charge is -2.09. The lowest BCUT2D eigenvalue weighted by atomic mass is 10.1. The lowest BCUT2D eigenvalue weighted by molar-refractivity contribution is 0.101. The number of alkyl halides is 1. The first-order chi connectivity index (χ1) is 10.0. The second-order valence-electron chi connectivity index (χ2n) is 4.80. The van der Waals surface area contributed by atoms with E-state index in [1.54, 1.807) is 30.8 Å². The average molecular weight is 308 g/mol. The molecule has 2 aromatic rings. The number of carbonyl (C=O) groups excluding carboxylic acids is 1. The summed E-state index contributed by atoms with van der Waals surface area (Å²) in [5, 5.41) is 8.01. The minimum Gasteiger partial charge on any atom is -0.496 e. The van der Waals surface area contributed by atoms with E-state index in [0.717, 1.165) is 23.4 Å². The normalized spacial score (nSPS) is 12.2. The van der Waals surface area contributed by atoms with Crippen LogP contribution in [-0.2, 0) is 6.54 Å². The summed E-state index contributed by atoms with van der Waals surface area (Å²) in [6, 6.07) is 5.37. The topological polar surface area (TPSA) is 57.0 Å². The number of methoxy groups -OCH3 is 1. The van der Waals surface area contributed by atoms with Gasteiger partial charge >= 0.3 is 0 Å². The van der Waals surface area contributed by atoms with Crippen LogP contribution < -0.4 is 4.74 Å². The van der Waals surface area contributed by atoms with E-state index in [9.17, 15) is 4.79 Å². The Balaban J connectivity index is 2.27. The van der Waals surface area contributed by atoms with E-state index in [2.05, 4.69) is 10.3 Å². The molecule has 0 saturated heterocycles. The predicted molar refractivity (Wildman–Crippen MR) is 81.0 cm³/mol. The van der Waals surface area contributed by atoms with Gasteiger partial charge in [-0.1, -0.05) is 12.1 Å². The first-order valence-corrected chi connectivity index (χ1v) is 7.20. The summed E-state index contributed by atoms with van der Waals surface area (Å²) in [6.45, 7) is 4.01. The fourth-order valence-electron chi connectivity index (χ4n) is 2.04. The Labute approximate surface area is 128 Å². The molecule has 0 amide bonds. The zero-order valence-corrected chi connectivity index (χ0v) is 13.1. The number of hydrogen-bond acceptors (Lipinski definition) is 4. The second kappa shape index (κ2) is 6.72. The van der Waals surface area contributed by atoms with Crippen molar-refractivity contribution in [3.8, 4) is 5.75 Å². The Bertz CT molecular complexity index is 640. The van der Waals surface area contributed by atoms with E-state index in [-0.39, 0.29) is 11.2 Å². The largest absolute Gasteiger partial charge is 0.496 e. The van der Waals surface area contributed by atoms with Crippen molar-refractivity contribution < 1.29 is 9.53 Å². The lowest BCUT2D eigenvalue weighted by Crippen LogP contribution is -2.04. The highest BCUT2D eigenvalue weighted by Crippen LogP contribution is 2.23. The first kappa shape index (κ1) is 15.5. The zero-order chi connectivity index (χ0) is 15.4. The summed E-state index contributed by atoms with van der Waals surface area (Å²) in [6.07, 6.45) is 2.62. The number of rotatable bonds is 6. The smallest absolute Gasteiger partial charge is 0.159 e. The molecule has 0 fully saturated rings. The standard InChI is InChI=1S/C15H18ClN3O2/c1-4-13(16)14-9-19(18-17-14)8-12-7-11(10(2)20)5-6-15(12)21-3/h5-7,9,13H,4,8H2,1-3H3. The van der Waals surface area contributed by atoms with Crippen LogP contribution in [0.15, 0.2) is 24.4 Å². The summed E-state index contributed by atoms with van der Waals surface area (Å²) in [5.41, 5.74) is 2.28. The number of benzene rings is 1. The van der Waals surface area contributed by atoms with E-state index in [1.807, 2.05) is 19.2 Å². The number of ether oxygens (including phenoxy) is 1. The number of Topliss-reactive ketones (excluding diaryl/α,β-unsaturated/α-hetero) is 1. The van der Waals surface area contributed by atoms with E-state index < -0.39 is 0 Å². The van der Waals surface area contributed by atoms with Gasteiger partial charge in [0.1, 0.15) is 11.4 Å². The van der Waals surface area contributed by atoms with Crippen molar-refractivity contribution in [1.82, 2.24) is 15.0 Å². The first-order valence-electron chi connectivity index (χ1n) is 6.77. The molecule has 0 radical (unpaired) electrons. The molecule has 0 aliphatic rings. The number of ketones is 1. The van der Waals surface area contributed by atoms with Gasteiger partial charge in [-0.05, 0) is 31.5 Å². The minimum absolute atomic E-state index is 0.0185. The Morgan fingerprint density at radius 1 is 1.48 bits per heavy atom. The van der Waals surface area contributed by atoms with Gasteiger partial charge in [-0.2, -0.15) is 0 Å². The van der Waals surface area contributed by atoms with Gasteiger partial charge in [0.25, 0.3) is 0 Å². The third kappa shape index (κ3) is 3.61. The van der Waals surface area contributed by atoms with Crippen LogP contribution in [0.2, 0.25) is 0 Å². The Morgan fingerprint density at radius 2 is 2.24 bits per heavy atom. The molecule has 0 saturated carbocycles. The Morgan fingerprint density at radius 3 is 2.86 bits per heavy atom. The molecule has 112 valence electrons. The van der Waals surface area contributed by atoms with E-state index in [0.29, 0.717) is 12.1 Å².